The lowest BCUT2D eigenvalue weighted by Gasteiger charge is -2.33. The van der Waals surface area contributed by atoms with Gasteiger partial charge in [0.2, 0.25) is 0 Å². The molecule has 5 heteroatoms. The molecule has 0 radical (unpaired) electrons. The van der Waals surface area contributed by atoms with Crippen molar-refractivity contribution in [2.75, 3.05) is 0 Å². The highest BCUT2D eigenvalue weighted by atomic mass is 32.1. The molecule has 0 aromatic carbocycles. The van der Waals surface area contributed by atoms with Crippen molar-refractivity contribution in [1.29, 1.82) is 0 Å². The van der Waals surface area contributed by atoms with Crippen LogP contribution in [0, 0.1) is 17.3 Å². The minimum Gasteiger partial charge on any atom is -0.267 e. The van der Waals surface area contributed by atoms with Gasteiger partial charge in [-0.3, -0.25) is 4.79 Å². The summed E-state index contributed by atoms with van der Waals surface area (Å²) in [4.78, 5) is 15.0. The lowest BCUT2D eigenvalue weighted by atomic mass is 9.72. The van der Waals surface area contributed by atoms with Crippen LogP contribution >= 0.6 is 11.3 Å². The Morgan fingerprint density at radius 1 is 1.35 bits per heavy atom. The van der Waals surface area contributed by atoms with Crippen LogP contribution in [0.2, 0.25) is 0 Å². The van der Waals surface area contributed by atoms with Gasteiger partial charge in [0.15, 0.2) is 4.83 Å². The monoisotopic (exact) mass is 333 g/mol. The first-order valence-corrected chi connectivity index (χ1v) is 9.47. The van der Waals surface area contributed by atoms with Gasteiger partial charge in [-0.25, -0.2) is 4.68 Å². The number of hydrogen-bond donors (Lipinski definition) is 0. The first kappa shape index (κ1) is 16.6. The molecule has 2 aromatic rings. The van der Waals surface area contributed by atoms with Crippen molar-refractivity contribution in [3.63, 3.8) is 0 Å². The smallest absolute Gasteiger partial charge is 0.267 e. The normalized spacial score (nSPS) is 18.6. The first-order valence-electron chi connectivity index (χ1n) is 8.65. The van der Waals surface area contributed by atoms with Gasteiger partial charge in [0.25, 0.3) is 5.56 Å². The molecule has 0 amide bonds. The van der Waals surface area contributed by atoms with E-state index in [0.29, 0.717) is 23.8 Å². The largest absolute Gasteiger partial charge is 0.278 e. The maximum Gasteiger partial charge on any atom is 0.278 e. The maximum absolute atomic E-state index is 12.8. The minimum atomic E-state index is 0.0577. The molecule has 1 aliphatic rings. The molecular formula is C18H27N3OS. The number of thiophene rings is 1. The van der Waals surface area contributed by atoms with E-state index in [2.05, 4.69) is 44.9 Å². The predicted molar refractivity (Wildman–Crippen MR) is 96.1 cm³/mol. The highest BCUT2D eigenvalue weighted by Gasteiger charge is 2.31. The lowest BCUT2D eigenvalue weighted by Crippen LogP contribution is -2.28. The van der Waals surface area contributed by atoms with Crippen molar-refractivity contribution in [3.8, 4) is 0 Å². The van der Waals surface area contributed by atoms with Crippen LogP contribution in [0.15, 0.2) is 4.79 Å². The van der Waals surface area contributed by atoms with Gasteiger partial charge in [0.05, 0.1) is 5.39 Å². The van der Waals surface area contributed by atoms with E-state index in [-0.39, 0.29) is 5.56 Å². The second kappa shape index (κ2) is 6.00. The molecule has 0 saturated carbocycles. The first-order chi connectivity index (χ1) is 10.8. The number of rotatable bonds is 3. The number of fused-ring (bicyclic) bond motifs is 3. The maximum atomic E-state index is 12.8. The van der Waals surface area contributed by atoms with E-state index in [0.717, 1.165) is 35.9 Å². The molecule has 0 N–H and O–H groups in total. The van der Waals surface area contributed by atoms with Gasteiger partial charge in [-0.2, -0.15) is 0 Å². The van der Waals surface area contributed by atoms with E-state index in [9.17, 15) is 4.79 Å². The summed E-state index contributed by atoms with van der Waals surface area (Å²) in [5.74, 6) is 1.24. The fourth-order valence-electron chi connectivity index (χ4n) is 3.39. The summed E-state index contributed by atoms with van der Waals surface area (Å²) in [5.41, 5.74) is 1.63. The summed E-state index contributed by atoms with van der Waals surface area (Å²) in [6.45, 7) is 11.9. The third-order valence-corrected chi connectivity index (χ3v) is 6.22. The van der Waals surface area contributed by atoms with Gasteiger partial charge >= 0.3 is 0 Å². The van der Waals surface area contributed by atoms with Gasteiger partial charge in [-0.05, 0) is 48.5 Å². The summed E-state index contributed by atoms with van der Waals surface area (Å²) >= 11 is 1.68. The molecule has 1 aliphatic carbocycles. The van der Waals surface area contributed by atoms with Gasteiger partial charge < -0.3 is 0 Å². The summed E-state index contributed by atoms with van der Waals surface area (Å²) < 4.78 is 1.56. The summed E-state index contributed by atoms with van der Waals surface area (Å²) in [6, 6.07) is 0. The van der Waals surface area contributed by atoms with Crippen molar-refractivity contribution >= 4 is 21.6 Å². The minimum absolute atomic E-state index is 0.0577. The fourth-order valence-corrected chi connectivity index (χ4v) is 4.63. The van der Waals surface area contributed by atoms with Crippen molar-refractivity contribution in [1.82, 2.24) is 15.0 Å². The van der Waals surface area contributed by atoms with Crippen LogP contribution < -0.4 is 5.56 Å². The molecule has 0 spiro atoms. The fraction of sp³-hybridized carbons (Fsp3) is 0.722. The molecule has 1 unspecified atom stereocenters. The SMILES string of the molecule is CC(C)CCn1nnc2sc3c(c2c1=O)CCC(C(C)(C)C)C3. The molecule has 0 bridgehead atoms. The Bertz CT molecular complexity index is 767. The molecule has 1 atom stereocenters. The zero-order valence-electron chi connectivity index (χ0n) is 14.8. The number of aryl methyl sites for hydroxylation is 2. The third kappa shape index (κ3) is 3.21. The van der Waals surface area contributed by atoms with Crippen molar-refractivity contribution in [2.24, 2.45) is 17.3 Å². The number of aromatic nitrogens is 3. The van der Waals surface area contributed by atoms with Crippen molar-refractivity contribution in [2.45, 2.75) is 66.8 Å². The lowest BCUT2D eigenvalue weighted by molar-refractivity contribution is 0.218. The van der Waals surface area contributed by atoms with Crippen LogP contribution in [-0.4, -0.2) is 15.0 Å². The average molecular weight is 334 g/mol. The van der Waals surface area contributed by atoms with E-state index >= 15 is 0 Å². The summed E-state index contributed by atoms with van der Waals surface area (Å²) in [7, 11) is 0. The second-order valence-corrected chi connectivity index (χ2v) is 9.37. The Labute approximate surface area is 141 Å². The Balaban J connectivity index is 1.99. The molecule has 126 valence electrons. The van der Waals surface area contributed by atoms with Gasteiger partial charge in [0.1, 0.15) is 0 Å². The summed E-state index contributed by atoms with van der Waals surface area (Å²) in [6.07, 6.45) is 4.20. The van der Waals surface area contributed by atoms with Gasteiger partial charge in [-0.15, -0.1) is 16.4 Å². The Morgan fingerprint density at radius 3 is 2.74 bits per heavy atom. The molecule has 0 aliphatic heterocycles. The Kier molecular flexibility index (Phi) is 4.34. The van der Waals surface area contributed by atoms with Crippen LogP contribution in [0.25, 0.3) is 10.2 Å². The van der Waals surface area contributed by atoms with Crippen LogP contribution in [0.4, 0.5) is 0 Å². The summed E-state index contributed by atoms with van der Waals surface area (Å²) in [5, 5.41) is 9.34. The highest BCUT2D eigenvalue weighted by Crippen LogP contribution is 2.41. The molecule has 3 rings (SSSR count). The standard InChI is InChI=1S/C18H27N3OS/c1-11(2)8-9-21-17(22)15-13-7-6-12(18(3,4)5)10-14(13)23-16(15)19-20-21/h11-12H,6-10H2,1-5H3. The van der Waals surface area contributed by atoms with E-state index < -0.39 is 0 Å². The Morgan fingerprint density at radius 2 is 2.09 bits per heavy atom. The number of nitrogens with zero attached hydrogens (tertiary/aromatic N) is 3. The van der Waals surface area contributed by atoms with E-state index in [4.69, 9.17) is 0 Å². The second-order valence-electron chi connectivity index (χ2n) is 8.29. The highest BCUT2D eigenvalue weighted by molar-refractivity contribution is 7.18. The topological polar surface area (TPSA) is 47.8 Å². The van der Waals surface area contributed by atoms with E-state index in [1.54, 1.807) is 16.0 Å². The molecular weight excluding hydrogens is 306 g/mol. The Hall–Kier alpha value is -1.23. The molecule has 0 fully saturated rings. The van der Waals surface area contributed by atoms with Crippen molar-refractivity contribution in [3.05, 3.63) is 20.8 Å². The quantitative estimate of drug-likeness (QED) is 0.851. The molecule has 4 nitrogen and oxygen atoms in total. The third-order valence-electron chi connectivity index (χ3n) is 5.08. The van der Waals surface area contributed by atoms with Crippen LogP contribution in [0.3, 0.4) is 0 Å². The van der Waals surface area contributed by atoms with Gasteiger partial charge in [-0.1, -0.05) is 39.8 Å². The van der Waals surface area contributed by atoms with E-state index in [1.807, 2.05) is 0 Å². The zero-order chi connectivity index (χ0) is 16.8. The van der Waals surface area contributed by atoms with Crippen LogP contribution in [0.5, 0.6) is 0 Å². The van der Waals surface area contributed by atoms with Crippen LogP contribution in [-0.2, 0) is 19.4 Å². The van der Waals surface area contributed by atoms with Gasteiger partial charge in [0, 0.05) is 11.4 Å². The predicted octanol–water partition coefficient (Wildman–Crippen LogP) is 4.05. The molecule has 2 aromatic heterocycles. The molecule has 23 heavy (non-hydrogen) atoms. The zero-order valence-corrected chi connectivity index (χ0v) is 15.7. The average Bonchev–Trinajstić information content (AvgIpc) is 2.83. The van der Waals surface area contributed by atoms with Crippen molar-refractivity contribution < 1.29 is 0 Å². The molecule has 0 saturated heterocycles. The number of hydrogen-bond acceptors (Lipinski definition) is 4. The molecule has 2 heterocycles. The van der Waals surface area contributed by atoms with E-state index in [1.165, 1.54) is 10.4 Å². The van der Waals surface area contributed by atoms with Crippen LogP contribution in [0.1, 0.15) is 57.9 Å².